The number of carbonyl (C=O) groups is 1. The van der Waals surface area contributed by atoms with Gasteiger partial charge >= 0.3 is 0 Å². The van der Waals surface area contributed by atoms with Crippen LogP contribution in [-0.2, 0) is 23.7 Å². The summed E-state index contributed by atoms with van der Waals surface area (Å²) in [4.78, 5) is 12.4. The molecule has 5 nitrogen and oxygen atoms in total. The number of thioether (sulfide) groups is 1. The molecule has 0 fully saturated rings. The van der Waals surface area contributed by atoms with Crippen LogP contribution in [0.3, 0.4) is 0 Å². The van der Waals surface area contributed by atoms with Crippen LogP contribution in [0.1, 0.15) is 74.5 Å². The number of aromatic hydroxyl groups is 1. The Morgan fingerprint density at radius 2 is 1.55 bits per heavy atom. The first-order valence-corrected chi connectivity index (χ1v) is 12.7. The van der Waals surface area contributed by atoms with Gasteiger partial charge in [0, 0.05) is 16.5 Å². The summed E-state index contributed by atoms with van der Waals surface area (Å²) >= 11 is 4.62. The minimum Gasteiger partial charge on any atom is -0.507 e. The number of halogens is 1. The smallest absolute Gasteiger partial charge is 0.277 e. The Morgan fingerprint density at radius 1 is 0.970 bits per heavy atom. The van der Waals surface area contributed by atoms with Gasteiger partial charge in [0.1, 0.15) is 5.75 Å². The number of aromatic nitrogens is 2. The van der Waals surface area contributed by atoms with E-state index in [9.17, 15) is 9.90 Å². The molecule has 0 saturated heterocycles. The summed E-state index contributed by atoms with van der Waals surface area (Å²) in [5.41, 5.74) is 3.32. The highest BCUT2D eigenvalue weighted by molar-refractivity contribution is 9.10. The second-order valence-electron chi connectivity index (χ2n) is 10.2. The Balaban J connectivity index is 1.67. The number of hydrogen-bond acceptors (Lipinski definition) is 6. The third-order valence-electron chi connectivity index (χ3n) is 5.35. The Hall–Kier alpha value is -2.12. The summed E-state index contributed by atoms with van der Waals surface area (Å²) in [6.45, 7) is 12.6. The van der Waals surface area contributed by atoms with Gasteiger partial charge in [0.15, 0.2) is 5.78 Å². The van der Waals surface area contributed by atoms with Gasteiger partial charge in [0.25, 0.3) is 5.22 Å². The number of ketones is 1. The van der Waals surface area contributed by atoms with Gasteiger partial charge in [-0.2, -0.15) is 0 Å². The van der Waals surface area contributed by atoms with Gasteiger partial charge in [-0.25, -0.2) is 0 Å². The van der Waals surface area contributed by atoms with Crippen molar-refractivity contribution in [3.63, 3.8) is 0 Å². The molecule has 1 aromatic heterocycles. The average Bonchev–Trinajstić information content (AvgIpc) is 3.18. The zero-order valence-corrected chi connectivity index (χ0v) is 22.4. The fourth-order valence-corrected chi connectivity index (χ4v) is 4.42. The first kappa shape index (κ1) is 25.5. The minimum absolute atomic E-state index is 0.0146. The third-order valence-corrected chi connectivity index (χ3v) is 6.70. The largest absolute Gasteiger partial charge is 0.507 e. The van der Waals surface area contributed by atoms with E-state index in [0.29, 0.717) is 28.8 Å². The molecule has 0 unspecified atom stereocenters. The molecule has 0 atom stereocenters. The van der Waals surface area contributed by atoms with Crippen molar-refractivity contribution in [2.45, 2.75) is 70.4 Å². The van der Waals surface area contributed by atoms with Crippen LogP contribution in [0.2, 0.25) is 0 Å². The lowest BCUT2D eigenvalue weighted by atomic mass is 9.78. The maximum absolute atomic E-state index is 12.4. The van der Waals surface area contributed by atoms with Crippen LogP contribution in [0.15, 0.2) is 50.5 Å². The molecule has 0 radical (unpaired) electrons. The molecule has 0 aliphatic rings. The minimum atomic E-state index is -0.171. The van der Waals surface area contributed by atoms with Crippen LogP contribution in [0.25, 0.3) is 0 Å². The molecule has 1 N–H and O–H groups in total. The number of nitrogens with zero attached hydrogens (tertiary/aromatic N) is 2. The molecule has 2 aromatic carbocycles. The number of rotatable bonds is 7. The lowest BCUT2D eigenvalue weighted by molar-refractivity contribution is 0.102. The van der Waals surface area contributed by atoms with Gasteiger partial charge in [-0.05, 0) is 46.1 Å². The van der Waals surface area contributed by atoms with Crippen molar-refractivity contribution in [1.29, 1.82) is 0 Å². The number of carbonyl (C=O) groups excluding carboxylic acids is 1. The molecule has 0 amide bonds. The van der Waals surface area contributed by atoms with Crippen molar-refractivity contribution in [2.24, 2.45) is 0 Å². The molecular formula is C26H31BrN2O3S. The summed E-state index contributed by atoms with van der Waals surface area (Å²) in [6.07, 6.45) is 1.31. The van der Waals surface area contributed by atoms with Gasteiger partial charge in [0.2, 0.25) is 5.89 Å². The van der Waals surface area contributed by atoms with Crippen LogP contribution in [-0.4, -0.2) is 26.8 Å². The van der Waals surface area contributed by atoms with Gasteiger partial charge in [-0.3, -0.25) is 4.79 Å². The van der Waals surface area contributed by atoms with Gasteiger partial charge < -0.3 is 9.52 Å². The highest BCUT2D eigenvalue weighted by Crippen LogP contribution is 2.40. The highest BCUT2D eigenvalue weighted by atomic mass is 79.9. The van der Waals surface area contributed by atoms with E-state index < -0.39 is 0 Å². The normalized spacial score (nSPS) is 12.2. The topological polar surface area (TPSA) is 76.2 Å². The molecule has 176 valence electrons. The molecule has 33 heavy (non-hydrogen) atoms. The molecule has 0 spiro atoms. The van der Waals surface area contributed by atoms with Crippen molar-refractivity contribution in [1.82, 2.24) is 10.2 Å². The summed E-state index contributed by atoms with van der Waals surface area (Å²) in [5, 5.41) is 19.5. The second kappa shape index (κ2) is 10.0. The predicted molar refractivity (Wildman–Crippen MR) is 136 cm³/mol. The van der Waals surface area contributed by atoms with Crippen molar-refractivity contribution >= 4 is 33.5 Å². The Labute approximate surface area is 208 Å². The van der Waals surface area contributed by atoms with Crippen LogP contribution < -0.4 is 0 Å². The molecule has 0 aliphatic carbocycles. The number of aryl methyl sites for hydroxylation is 2. The summed E-state index contributed by atoms with van der Waals surface area (Å²) in [6, 6.07) is 11.4. The highest BCUT2D eigenvalue weighted by Gasteiger charge is 2.26. The average molecular weight is 532 g/mol. The van der Waals surface area contributed by atoms with Crippen LogP contribution in [0.5, 0.6) is 5.75 Å². The van der Waals surface area contributed by atoms with Crippen LogP contribution in [0.4, 0.5) is 0 Å². The van der Waals surface area contributed by atoms with Gasteiger partial charge in [-0.15, -0.1) is 10.2 Å². The molecule has 3 aromatic rings. The van der Waals surface area contributed by atoms with E-state index in [1.165, 1.54) is 11.8 Å². The van der Waals surface area contributed by atoms with E-state index in [2.05, 4.69) is 79.8 Å². The Bertz CT molecular complexity index is 1090. The first-order valence-electron chi connectivity index (χ1n) is 11.0. The number of phenolic OH excluding ortho intramolecular Hbond substituents is 1. The van der Waals surface area contributed by atoms with Crippen molar-refractivity contribution in [2.75, 3.05) is 5.75 Å². The predicted octanol–water partition coefficient (Wildman–Crippen LogP) is 6.89. The van der Waals surface area contributed by atoms with Crippen molar-refractivity contribution in [3.8, 4) is 5.75 Å². The maximum atomic E-state index is 12.4. The van der Waals surface area contributed by atoms with E-state index in [1.807, 2.05) is 12.1 Å². The molecule has 0 aliphatic heterocycles. The molecule has 0 saturated carbocycles. The summed E-state index contributed by atoms with van der Waals surface area (Å²) in [5.74, 6) is 1.17. The Morgan fingerprint density at radius 3 is 2.09 bits per heavy atom. The maximum Gasteiger partial charge on any atom is 0.277 e. The summed E-state index contributed by atoms with van der Waals surface area (Å²) in [7, 11) is 0. The second-order valence-corrected chi connectivity index (χ2v) is 12.1. The molecule has 7 heteroatoms. The zero-order chi connectivity index (χ0) is 24.4. The molecule has 3 rings (SSSR count). The van der Waals surface area contributed by atoms with Gasteiger partial charge in [0.05, 0.1) is 5.75 Å². The number of phenols is 1. The van der Waals surface area contributed by atoms with E-state index in [1.54, 1.807) is 12.1 Å². The third kappa shape index (κ3) is 6.70. The number of Topliss-reactive ketones (excluding diaryl/α,β-unsaturated/α-hetero) is 1. The summed E-state index contributed by atoms with van der Waals surface area (Å²) < 4.78 is 6.70. The van der Waals surface area contributed by atoms with E-state index in [-0.39, 0.29) is 22.4 Å². The zero-order valence-electron chi connectivity index (χ0n) is 20.0. The molecular weight excluding hydrogens is 500 g/mol. The Kier molecular flexibility index (Phi) is 7.74. The lowest BCUT2D eigenvalue weighted by Crippen LogP contribution is -2.18. The van der Waals surface area contributed by atoms with Gasteiger partial charge in [-0.1, -0.05) is 93.5 Å². The fourth-order valence-electron chi connectivity index (χ4n) is 3.48. The number of hydrogen-bond donors (Lipinski definition) is 1. The SMILES string of the molecule is CC(C)(C)c1cc(CCc2nnc(SCC(=O)c3ccc(Br)cc3)o2)cc(C(C)(C)C)c1O. The first-order chi connectivity index (χ1) is 15.3. The quantitative estimate of drug-likeness (QED) is 0.264. The number of benzene rings is 2. The van der Waals surface area contributed by atoms with Crippen molar-refractivity contribution < 1.29 is 14.3 Å². The van der Waals surface area contributed by atoms with E-state index in [0.717, 1.165) is 27.6 Å². The lowest BCUT2D eigenvalue weighted by Gasteiger charge is -2.28. The van der Waals surface area contributed by atoms with Crippen molar-refractivity contribution in [3.05, 3.63) is 69.0 Å². The van der Waals surface area contributed by atoms with E-state index >= 15 is 0 Å². The molecule has 1 heterocycles. The standard InChI is InChI=1S/C26H31BrN2O3S/c1-25(2,3)19-13-16(14-20(23(19)31)26(4,5)6)7-12-22-28-29-24(32-22)33-15-21(30)17-8-10-18(27)11-9-17/h8-11,13-14,31H,7,12,15H2,1-6H3. The monoisotopic (exact) mass is 530 g/mol. The van der Waals surface area contributed by atoms with Crippen LogP contribution in [0, 0.1) is 0 Å². The fraction of sp³-hybridized carbons (Fsp3) is 0.423. The van der Waals surface area contributed by atoms with Crippen LogP contribution >= 0.6 is 27.7 Å². The molecule has 0 bridgehead atoms. The van der Waals surface area contributed by atoms with E-state index in [4.69, 9.17) is 4.42 Å².